The summed E-state index contributed by atoms with van der Waals surface area (Å²) in [5.41, 5.74) is 0.896. The van der Waals surface area contributed by atoms with Crippen molar-refractivity contribution in [3.05, 3.63) is 35.9 Å². The van der Waals surface area contributed by atoms with Crippen LogP contribution in [0.3, 0.4) is 0 Å². The van der Waals surface area contributed by atoms with Crippen LogP contribution >= 0.6 is 11.6 Å². The fourth-order valence-corrected chi connectivity index (χ4v) is 2.63. The lowest BCUT2D eigenvalue weighted by atomic mass is 9.98. The maximum atomic E-state index is 11.8. The van der Waals surface area contributed by atoms with Gasteiger partial charge in [-0.3, -0.25) is 9.79 Å². The van der Waals surface area contributed by atoms with Gasteiger partial charge in [-0.15, -0.1) is 11.6 Å². The first-order valence-corrected chi connectivity index (χ1v) is 6.88. The molecular formula is C15H16ClNO3. The number of hydrogen-bond donors (Lipinski definition) is 0. The van der Waals surface area contributed by atoms with Crippen molar-refractivity contribution >= 4 is 29.6 Å². The predicted molar refractivity (Wildman–Crippen MR) is 77.2 cm³/mol. The van der Waals surface area contributed by atoms with E-state index in [0.29, 0.717) is 6.42 Å². The highest BCUT2D eigenvalue weighted by Crippen LogP contribution is 2.31. The lowest BCUT2D eigenvalue weighted by molar-refractivity contribution is -0.143. The van der Waals surface area contributed by atoms with Crippen LogP contribution in [-0.4, -0.2) is 36.5 Å². The number of esters is 1. The zero-order valence-corrected chi connectivity index (χ0v) is 11.9. The molecule has 2 rings (SSSR count). The van der Waals surface area contributed by atoms with E-state index in [4.69, 9.17) is 16.3 Å². The molecule has 0 saturated heterocycles. The Morgan fingerprint density at radius 2 is 2.15 bits per heavy atom. The number of hydrogen-bond acceptors (Lipinski definition) is 4. The summed E-state index contributed by atoms with van der Waals surface area (Å²) < 4.78 is 4.78. The number of alkyl halides is 1. The van der Waals surface area contributed by atoms with E-state index in [-0.39, 0.29) is 18.1 Å². The van der Waals surface area contributed by atoms with Gasteiger partial charge in [0.05, 0.1) is 12.5 Å². The second kappa shape index (κ2) is 6.66. The molecule has 3 atom stereocenters. The third-order valence-corrected chi connectivity index (χ3v) is 3.82. The highest BCUT2D eigenvalue weighted by Gasteiger charge is 2.39. The highest BCUT2D eigenvalue weighted by molar-refractivity contribution is 6.31. The van der Waals surface area contributed by atoms with E-state index in [1.54, 1.807) is 6.21 Å². The molecule has 0 amide bonds. The molecule has 1 aromatic carbocycles. The summed E-state index contributed by atoms with van der Waals surface area (Å²) >= 11 is 5.91. The standard InChI is InChI=1S/C15H16ClNO3/c1-20-15(19)14(11-7-12(16)13(18)8-11)17-9-10-5-3-2-4-6-10/h2-6,9,11-12,14H,7-8H2,1H3/b17-9+. The number of methoxy groups -OCH3 is 1. The number of halogens is 1. The van der Waals surface area contributed by atoms with Gasteiger partial charge in [0.1, 0.15) is 0 Å². The number of nitrogens with zero attached hydrogens (tertiary/aromatic N) is 1. The molecule has 0 aromatic heterocycles. The van der Waals surface area contributed by atoms with E-state index in [1.165, 1.54) is 7.11 Å². The van der Waals surface area contributed by atoms with Crippen LogP contribution in [0.4, 0.5) is 0 Å². The lowest BCUT2D eigenvalue weighted by Crippen LogP contribution is -2.28. The molecule has 1 aliphatic carbocycles. The predicted octanol–water partition coefficient (Wildman–Crippen LogP) is 2.23. The van der Waals surface area contributed by atoms with Gasteiger partial charge in [-0.2, -0.15) is 0 Å². The van der Waals surface area contributed by atoms with Gasteiger partial charge < -0.3 is 4.74 Å². The number of ether oxygens (including phenoxy) is 1. The first-order chi connectivity index (χ1) is 9.61. The number of Topliss-reactive ketones (excluding diaryl/α,β-unsaturated/α-hetero) is 1. The van der Waals surface area contributed by atoms with Gasteiger partial charge in [-0.25, -0.2) is 4.79 Å². The molecule has 5 heteroatoms. The SMILES string of the molecule is COC(=O)C(/N=C/c1ccccc1)C1CC(=O)C(Cl)C1. The molecule has 0 N–H and O–H groups in total. The molecular weight excluding hydrogens is 278 g/mol. The number of aliphatic imine (C=N–C) groups is 1. The maximum absolute atomic E-state index is 11.8. The minimum atomic E-state index is -0.673. The minimum absolute atomic E-state index is 0.0273. The molecule has 3 unspecified atom stereocenters. The summed E-state index contributed by atoms with van der Waals surface area (Å²) in [5.74, 6) is -0.640. The van der Waals surface area contributed by atoms with Crippen LogP contribution in [0.15, 0.2) is 35.3 Å². The lowest BCUT2D eigenvalue weighted by Gasteiger charge is -2.16. The highest BCUT2D eigenvalue weighted by atomic mass is 35.5. The Morgan fingerprint density at radius 1 is 1.45 bits per heavy atom. The molecule has 0 aliphatic heterocycles. The maximum Gasteiger partial charge on any atom is 0.330 e. The zero-order valence-electron chi connectivity index (χ0n) is 11.2. The van der Waals surface area contributed by atoms with Crippen LogP contribution in [0.5, 0.6) is 0 Å². The third-order valence-electron chi connectivity index (χ3n) is 3.40. The average molecular weight is 294 g/mol. The minimum Gasteiger partial charge on any atom is -0.467 e. The van der Waals surface area contributed by atoms with Crippen LogP contribution in [0.25, 0.3) is 0 Å². The first kappa shape index (κ1) is 14.7. The Balaban J connectivity index is 2.15. The largest absolute Gasteiger partial charge is 0.467 e. The normalized spacial score (nSPS) is 24.0. The van der Waals surface area contributed by atoms with Crippen LogP contribution in [0.2, 0.25) is 0 Å². The summed E-state index contributed by atoms with van der Waals surface area (Å²) in [6, 6.07) is 8.80. The number of carbonyl (C=O) groups excluding carboxylic acids is 2. The van der Waals surface area contributed by atoms with Gasteiger partial charge in [0.2, 0.25) is 0 Å². The van der Waals surface area contributed by atoms with Crippen molar-refractivity contribution in [2.75, 3.05) is 7.11 Å². The van der Waals surface area contributed by atoms with Crippen molar-refractivity contribution in [2.45, 2.75) is 24.3 Å². The summed E-state index contributed by atoms with van der Waals surface area (Å²) in [7, 11) is 1.32. The summed E-state index contributed by atoms with van der Waals surface area (Å²) in [5, 5.41) is -0.515. The summed E-state index contributed by atoms with van der Waals surface area (Å²) in [6.45, 7) is 0. The fraction of sp³-hybridized carbons (Fsp3) is 0.400. The van der Waals surface area contributed by atoms with Crippen molar-refractivity contribution in [1.29, 1.82) is 0 Å². The van der Waals surface area contributed by atoms with Crippen LogP contribution < -0.4 is 0 Å². The van der Waals surface area contributed by atoms with E-state index < -0.39 is 17.4 Å². The molecule has 1 aromatic rings. The Kier molecular flexibility index (Phi) is 4.90. The number of carbonyl (C=O) groups is 2. The third kappa shape index (κ3) is 3.45. The second-order valence-electron chi connectivity index (χ2n) is 4.79. The van der Waals surface area contributed by atoms with Crippen molar-refractivity contribution in [2.24, 2.45) is 10.9 Å². The van der Waals surface area contributed by atoms with E-state index >= 15 is 0 Å². The summed E-state index contributed by atoms with van der Waals surface area (Å²) in [6.07, 6.45) is 2.37. The topological polar surface area (TPSA) is 55.7 Å². The van der Waals surface area contributed by atoms with Crippen LogP contribution in [0, 0.1) is 5.92 Å². The number of rotatable bonds is 4. The van der Waals surface area contributed by atoms with Crippen molar-refractivity contribution in [3.8, 4) is 0 Å². The van der Waals surface area contributed by atoms with Gasteiger partial charge in [-0.1, -0.05) is 30.3 Å². The first-order valence-electron chi connectivity index (χ1n) is 6.44. The molecule has 0 radical (unpaired) electrons. The summed E-state index contributed by atoms with van der Waals surface area (Å²) in [4.78, 5) is 27.7. The van der Waals surface area contributed by atoms with Crippen LogP contribution in [-0.2, 0) is 14.3 Å². The van der Waals surface area contributed by atoms with Gasteiger partial charge in [0.15, 0.2) is 11.8 Å². The molecule has 0 bridgehead atoms. The van der Waals surface area contributed by atoms with E-state index in [1.807, 2.05) is 30.3 Å². The Hall–Kier alpha value is -1.68. The molecule has 1 fully saturated rings. The number of benzene rings is 1. The molecule has 106 valence electrons. The Labute approximate surface area is 122 Å². The van der Waals surface area contributed by atoms with Gasteiger partial charge in [0.25, 0.3) is 0 Å². The number of ketones is 1. The molecule has 0 heterocycles. The second-order valence-corrected chi connectivity index (χ2v) is 5.32. The molecule has 0 spiro atoms. The fourth-order valence-electron chi connectivity index (χ4n) is 2.31. The molecule has 1 saturated carbocycles. The average Bonchev–Trinajstić information content (AvgIpc) is 2.79. The zero-order chi connectivity index (χ0) is 14.5. The van der Waals surface area contributed by atoms with Crippen molar-refractivity contribution in [1.82, 2.24) is 0 Å². The molecule has 20 heavy (non-hydrogen) atoms. The van der Waals surface area contributed by atoms with E-state index in [9.17, 15) is 9.59 Å². The van der Waals surface area contributed by atoms with Crippen LogP contribution in [0.1, 0.15) is 18.4 Å². The smallest absolute Gasteiger partial charge is 0.330 e. The van der Waals surface area contributed by atoms with Crippen molar-refractivity contribution in [3.63, 3.8) is 0 Å². The molecule has 4 nitrogen and oxygen atoms in total. The van der Waals surface area contributed by atoms with Crippen molar-refractivity contribution < 1.29 is 14.3 Å². The molecule has 1 aliphatic rings. The van der Waals surface area contributed by atoms with Gasteiger partial charge in [0, 0.05) is 18.6 Å². The van der Waals surface area contributed by atoms with E-state index in [0.717, 1.165) is 5.56 Å². The van der Waals surface area contributed by atoms with Gasteiger partial charge in [-0.05, 0) is 12.0 Å². The van der Waals surface area contributed by atoms with E-state index in [2.05, 4.69) is 4.99 Å². The Bertz CT molecular complexity index is 515. The quantitative estimate of drug-likeness (QED) is 0.486. The monoisotopic (exact) mass is 293 g/mol. The Morgan fingerprint density at radius 3 is 2.70 bits per heavy atom. The van der Waals surface area contributed by atoms with Gasteiger partial charge >= 0.3 is 5.97 Å².